The van der Waals surface area contributed by atoms with Gasteiger partial charge in [0.05, 0.1) is 37.1 Å². The highest BCUT2D eigenvalue weighted by Crippen LogP contribution is 2.70. The Morgan fingerprint density at radius 1 is 0.894 bits per heavy atom. The second-order valence-electron chi connectivity index (χ2n) is 25.5. The molecule has 2 unspecified atom stereocenters. The summed E-state index contributed by atoms with van der Waals surface area (Å²) in [4.78, 5) is 106. The number of ether oxygens (including phenoxy) is 6. The molecule has 12 N–H and O–H groups in total. The van der Waals surface area contributed by atoms with Crippen LogP contribution in [0, 0.1) is 46.3 Å². The zero-order chi connectivity index (χ0) is 62.3. The van der Waals surface area contributed by atoms with Crippen molar-refractivity contribution in [1.29, 1.82) is 0 Å². The molecular weight excluding hydrogens is 1100 g/mol. The van der Waals surface area contributed by atoms with Crippen LogP contribution in [0.15, 0.2) is 48.1 Å². The fraction of sp³-hybridized carbons (Fsp3) is 0.705. The molecule has 85 heavy (non-hydrogen) atoms. The zero-order valence-corrected chi connectivity index (χ0v) is 50.5. The summed E-state index contributed by atoms with van der Waals surface area (Å²) in [6.45, 7) is 15.7. The summed E-state index contributed by atoms with van der Waals surface area (Å²) in [7, 11) is 0. The lowest BCUT2D eigenvalue weighted by atomic mass is 9.46. The molecule has 0 spiro atoms. The van der Waals surface area contributed by atoms with Crippen molar-refractivity contribution in [2.75, 3.05) is 31.6 Å². The van der Waals surface area contributed by atoms with Gasteiger partial charge >= 0.3 is 12.2 Å². The number of allylic oxidation sites excluding steroid dienone is 4. The highest BCUT2D eigenvalue weighted by atomic mass is 16.8. The summed E-state index contributed by atoms with van der Waals surface area (Å²) >= 11 is 0. The van der Waals surface area contributed by atoms with E-state index < -0.39 is 137 Å². The van der Waals surface area contributed by atoms with E-state index in [4.69, 9.17) is 39.9 Å². The number of Topliss-reactive ketones (excluding diaryl/α,β-unsaturated/α-hetero) is 1. The summed E-state index contributed by atoms with van der Waals surface area (Å²) in [5.41, 5.74) is 10.4. The third-order valence-corrected chi connectivity index (χ3v) is 18.5. The number of carbonyl (C=O) groups excluding carboxylic acids is 8. The molecule has 6 amide bonds. The van der Waals surface area contributed by atoms with Crippen LogP contribution in [0.4, 0.5) is 15.3 Å². The Bertz CT molecular complexity index is 2670. The number of urea groups is 1. The third kappa shape index (κ3) is 15.1. The van der Waals surface area contributed by atoms with Gasteiger partial charge in [-0.05, 0) is 119 Å². The van der Waals surface area contributed by atoms with Gasteiger partial charge in [0, 0.05) is 47.9 Å². The van der Waals surface area contributed by atoms with E-state index in [0.29, 0.717) is 30.5 Å². The van der Waals surface area contributed by atoms with Crippen molar-refractivity contribution in [2.45, 2.75) is 199 Å². The maximum atomic E-state index is 14.6. The largest absolute Gasteiger partial charge is 0.509 e. The molecule has 2 aliphatic heterocycles. The predicted molar refractivity (Wildman–Crippen MR) is 308 cm³/mol. The highest BCUT2D eigenvalue weighted by molar-refractivity contribution is 6.01. The van der Waals surface area contributed by atoms with Crippen LogP contribution in [0.2, 0.25) is 0 Å². The summed E-state index contributed by atoms with van der Waals surface area (Å²) in [5, 5.41) is 47.4. The molecule has 6 aliphatic rings. The SMILES string of the molecule is CCCC1O[C@@H]2C[C@H]3[C@@H]4CCC5=CC(=O)C=C[C@]5(C)[C@H]4[C@@H](O)C[C@]3(C)[C@]2(C(=O)COC(=O)OCc2ccc(NC(=O)[C@H](CCCNC(N)=O)NC(=O)[C@@H](NC(=O)[C@H](N)CCC(=O)NC[C@H](O)C(C(C)C)[C@H](O)[C@H]3COC(C)(C)O3)C(C)C)cc2)O1. The van der Waals surface area contributed by atoms with Crippen molar-refractivity contribution >= 4 is 53.1 Å². The Morgan fingerprint density at radius 2 is 1.61 bits per heavy atom. The first kappa shape index (κ1) is 66.7. The van der Waals surface area contributed by atoms with Gasteiger partial charge in [-0.1, -0.05) is 78.7 Å². The van der Waals surface area contributed by atoms with Crippen molar-refractivity contribution < 1.29 is 82.1 Å². The van der Waals surface area contributed by atoms with Crippen LogP contribution in [0.1, 0.15) is 132 Å². The van der Waals surface area contributed by atoms with Crippen LogP contribution in [-0.2, 0) is 63.8 Å². The Hall–Kier alpha value is -5.86. The maximum Gasteiger partial charge on any atom is 0.509 e. The average molecular weight is 1190 g/mol. The van der Waals surface area contributed by atoms with Crippen LogP contribution >= 0.6 is 0 Å². The summed E-state index contributed by atoms with van der Waals surface area (Å²) in [6, 6.07) is 1.93. The van der Waals surface area contributed by atoms with Crippen LogP contribution in [-0.4, -0.2) is 155 Å². The summed E-state index contributed by atoms with van der Waals surface area (Å²) in [6.07, 6.45) is 2.56. The van der Waals surface area contributed by atoms with Crippen LogP contribution in [0.3, 0.4) is 0 Å². The number of nitrogens with two attached hydrogens (primary N) is 2. The smallest absolute Gasteiger partial charge is 0.429 e. The quantitative estimate of drug-likeness (QED) is 0.0445. The van der Waals surface area contributed by atoms with Crippen molar-refractivity contribution in [3.63, 3.8) is 0 Å². The second kappa shape index (κ2) is 27.9. The minimum atomic E-state index is -1.50. The fourth-order valence-corrected chi connectivity index (χ4v) is 14.2. The van der Waals surface area contributed by atoms with Gasteiger partial charge < -0.3 is 81.8 Å². The van der Waals surface area contributed by atoms with E-state index in [-0.39, 0.29) is 87.9 Å². The van der Waals surface area contributed by atoms with E-state index in [1.807, 2.05) is 33.8 Å². The number of primary amides is 1. The van der Waals surface area contributed by atoms with Gasteiger partial charge in [0.25, 0.3) is 0 Å². The van der Waals surface area contributed by atoms with Crippen LogP contribution < -0.4 is 38.1 Å². The van der Waals surface area contributed by atoms with Crippen molar-refractivity contribution in [3.05, 3.63) is 53.6 Å². The molecule has 2 heterocycles. The molecule has 1 aromatic rings. The third-order valence-electron chi connectivity index (χ3n) is 18.5. The molecule has 5 fully saturated rings. The van der Waals surface area contributed by atoms with Gasteiger partial charge in [0.1, 0.15) is 24.8 Å². The molecule has 16 atom stereocenters. The number of amides is 6. The van der Waals surface area contributed by atoms with Gasteiger partial charge in [-0.25, -0.2) is 9.59 Å². The van der Waals surface area contributed by atoms with E-state index in [0.717, 1.165) is 18.4 Å². The molecule has 7 rings (SSSR count). The second-order valence-corrected chi connectivity index (χ2v) is 25.5. The van der Waals surface area contributed by atoms with Crippen molar-refractivity contribution in [3.8, 4) is 0 Å². The van der Waals surface area contributed by atoms with Crippen LogP contribution in [0.5, 0.6) is 0 Å². The number of nitrogens with one attached hydrogen (secondary N) is 5. The van der Waals surface area contributed by atoms with E-state index in [1.165, 1.54) is 0 Å². The number of hydrogen-bond donors (Lipinski definition) is 10. The number of anilines is 1. The fourth-order valence-electron chi connectivity index (χ4n) is 14.2. The minimum Gasteiger partial charge on any atom is -0.429 e. The first-order valence-electron chi connectivity index (χ1n) is 30.1. The average Bonchev–Trinajstić information content (AvgIpc) is 1.57. The van der Waals surface area contributed by atoms with Gasteiger partial charge in [0.2, 0.25) is 29.4 Å². The lowest BCUT2D eigenvalue weighted by Crippen LogP contribution is -2.63. The Balaban J connectivity index is 0.897. The first-order chi connectivity index (χ1) is 40.0. The topological polar surface area (TPSA) is 365 Å². The number of ketones is 2. The van der Waals surface area contributed by atoms with Crippen LogP contribution in [0.25, 0.3) is 0 Å². The number of aliphatic hydroxyl groups excluding tert-OH is 3. The molecule has 2 saturated heterocycles. The normalized spacial score (nSPS) is 30.2. The first-order valence-corrected chi connectivity index (χ1v) is 30.1. The van der Waals surface area contributed by atoms with Crippen molar-refractivity contribution in [2.24, 2.45) is 57.8 Å². The lowest BCUT2D eigenvalue weighted by molar-refractivity contribution is -0.200. The summed E-state index contributed by atoms with van der Waals surface area (Å²) < 4.78 is 35.4. The van der Waals surface area contributed by atoms with Gasteiger partial charge in [0.15, 0.2) is 30.1 Å². The molecule has 24 heteroatoms. The Labute approximate surface area is 497 Å². The molecule has 4 aliphatic carbocycles. The number of hydrogen-bond acceptors (Lipinski definition) is 18. The highest BCUT2D eigenvalue weighted by Gasteiger charge is 2.76. The maximum absolute atomic E-state index is 14.6. The molecule has 0 aromatic heterocycles. The Kier molecular flexibility index (Phi) is 21.9. The number of rotatable bonds is 27. The molecule has 0 radical (unpaired) electrons. The molecule has 24 nitrogen and oxygen atoms in total. The molecule has 1 aromatic carbocycles. The Morgan fingerprint density at radius 3 is 2.26 bits per heavy atom. The lowest BCUT2D eigenvalue weighted by Gasteiger charge is -2.59. The van der Waals surface area contributed by atoms with E-state index in [2.05, 4.69) is 33.5 Å². The van der Waals surface area contributed by atoms with Gasteiger partial charge in [-0.3, -0.25) is 28.8 Å². The molecular formula is C61H91N7O17. The monoisotopic (exact) mass is 1190 g/mol. The van der Waals surface area contributed by atoms with Crippen molar-refractivity contribution in [1.82, 2.24) is 21.3 Å². The van der Waals surface area contributed by atoms with Gasteiger partial charge in [-0.2, -0.15) is 0 Å². The predicted octanol–water partition coefficient (Wildman–Crippen LogP) is 3.46. The van der Waals surface area contributed by atoms with E-state index in [1.54, 1.807) is 64.1 Å². The zero-order valence-electron chi connectivity index (χ0n) is 50.5. The number of benzene rings is 1. The number of fused-ring (bicyclic) bond motifs is 7. The molecule has 0 bridgehead atoms. The minimum absolute atomic E-state index is 0.00645. The molecule has 3 saturated carbocycles. The van der Waals surface area contributed by atoms with E-state index in [9.17, 15) is 53.7 Å². The standard InChI is InChI=1S/C61H91N7O17/c1-10-12-48-83-46-26-39-38-19-16-35-25-37(69)22-23-59(35,8)50(38)42(70)27-60(39,9)61(46,85-48)45(72)31-81-57(79)80-29-34-14-17-36(18-15-34)66-54(76)41(13-11-24-64-56(63)78)67-55(77)51(33(4)5)68-53(75)40(62)20-21-47(73)65-28-43(71)49(32(2)3)52(74)44-30-82-58(6,7)84-44/h14-15,17-18,22-23,25,32-33,38-44,46,48-52,70-71,74H,10-13,16,19-21,24,26-31,62H2,1-9H3,(H,65,73)(H,66,76)(H,67,77)(H,68,75)(H3,63,64,78)/t38-,39-,40+,41-,42-,43-,44+,46+,48?,49?,50+,51-,52+,59-,60-,61+/m0/s1. The van der Waals surface area contributed by atoms with E-state index >= 15 is 0 Å². The summed E-state index contributed by atoms with van der Waals surface area (Å²) in [5.74, 6) is -5.55. The number of aliphatic hydroxyl groups is 3. The van der Waals surface area contributed by atoms with Gasteiger partial charge in [-0.15, -0.1) is 0 Å². The molecule has 472 valence electrons. The number of carbonyl (C=O) groups is 8.